The minimum absolute atomic E-state index is 0.297. The van der Waals surface area contributed by atoms with Crippen molar-refractivity contribution in [2.75, 3.05) is 0 Å². The normalized spacial score (nSPS) is 10.5. The van der Waals surface area contributed by atoms with Crippen LogP contribution in [-0.4, -0.2) is 20.6 Å². The molecule has 4 nitrogen and oxygen atoms in total. The molecule has 0 saturated carbocycles. The Kier molecular flexibility index (Phi) is 2.71. The van der Waals surface area contributed by atoms with Crippen molar-refractivity contribution >= 4 is 5.97 Å². The summed E-state index contributed by atoms with van der Waals surface area (Å²) in [4.78, 5) is 15.4. The Morgan fingerprint density at radius 2 is 2.00 bits per heavy atom. The van der Waals surface area contributed by atoms with E-state index in [1.165, 1.54) is 0 Å². The van der Waals surface area contributed by atoms with E-state index in [0.29, 0.717) is 11.3 Å². The number of nitrogens with zero attached hydrogens (tertiary/aromatic N) is 2. The van der Waals surface area contributed by atoms with Crippen molar-refractivity contribution in [3.63, 3.8) is 0 Å². The number of carboxylic acids is 1. The van der Waals surface area contributed by atoms with Crippen molar-refractivity contribution in [2.24, 2.45) is 0 Å². The molecule has 1 aromatic heterocycles. The first-order valence-electron chi connectivity index (χ1n) is 5.35. The molecule has 0 saturated heterocycles. The van der Waals surface area contributed by atoms with E-state index in [2.05, 4.69) is 4.98 Å². The van der Waals surface area contributed by atoms with Crippen LogP contribution in [0.1, 0.15) is 27.3 Å². The molecule has 0 aliphatic carbocycles. The van der Waals surface area contributed by atoms with Crippen molar-refractivity contribution < 1.29 is 9.90 Å². The van der Waals surface area contributed by atoms with Gasteiger partial charge in [-0.2, -0.15) is 0 Å². The fourth-order valence-electron chi connectivity index (χ4n) is 1.77. The van der Waals surface area contributed by atoms with E-state index in [1.807, 2.05) is 32.9 Å². The van der Waals surface area contributed by atoms with Gasteiger partial charge < -0.3 is 9.67 Å². The van der Waals surface area contributed by atoms with Gasteiger partial charge in [0.25, 0.3) is 0 Å². The van der Waals surface area contributed by atoms with Gasteiger partial charge in [-0.3, -0.25) is 0 Å². The summed E-state index contributed by atoms with van der Waals surface area (Å²) in [5, 5.41) is 9.22. The van der Waals surface area contributed by atoms with Crippen LogP contribution in [0.5, 0.6) is 0 Å². The molecule has 1 aromatic carbocycles. The van der Waals surface area contributed by atoms with Gasteiger partial charge in [0.15, 0.2) is 0 Å². The first-order valence-corrected chi connectivity index (χ1v) is 5.35. The first-order chi connectivity index (χ1) is 8.00. The fourth-order valence-corrected chi connectivity index (χ4v) is 1.77. The molecule has 2 aromatic rings. The summed E-state index contributed by atoms with van der Waals surface area (Å²) in [6.07, 6.45) is 1.65. The monoisotopic (exact) mass is 230 g/mol. The standard InChI is InChI=1S/C13H14N2O2/c1-8-4-5-12(11(6-8)13(16)17)15-7-14-9(2)10(15)3/h4-7H,1-3H3,(H,16,17). The first kappa shape index (κ1) is 11.4. The minimum Gasteiger partial charge on any atom is -0.478 e. The van der Waals surface area contributed by atoms with Gasteiger partial charge >= 0.3 is 5.97 Å². The molecular formula is C13H14N2O2. The van der Waals surface area contributed by atoms with Gasteiger partial charge in [-0.05, 0) is 32.9 Å². The Labute approximate surface area is 99.5 Å². The van der Waals surface area contributed by atoms with Gasteiger partial charge in [0, 0.05) is 5.69 Å². The zero-order valence-electron chi connectivity index (χ0n) is 10.1. The molecule has 4 heteroatoms. The van der Waals surface area contributed by atoms with Crippen LogP contribution >= 0.6 is 0 Å². The molecule has 0 amide bonds. The molecule has 0 unspecified atom stereocenters. The molecule has 0 atom stereocenters. The zero-order chi connectivity index (χ0) is 12.6. The van der Waals surface area contributed by atoms with E-state index in [-0.39, 0.29) is 0 Å². The Hall–Kier alpha value is -2.10. The van der Waals surface area contributed by atoms with Gasteiger partial charge in [-0.25, -0.2) is 9.78 Å². The summed E-state index contributed by atoms with van der Waals surface area (Å²) in [5.74, 6) is -0.922. The summed E-state index contributed by atoms with van der Waals surface area (Å²) < 4.78 is 1.80. The maximum absolute atomic E-state index is 11.2. The van der Waals surface area contributed by atoms with Crippen LogP contribution in [0.2, 0.25) is 0 Å². The van der Waals surface area contributed by atoms with E-state index in [1.54, 1.807) is 17.0 Å². The molecule has 0 aliphatic heterocycles. The Morgan fingerprint density at radius 1 is 1.29 bits per heavy atom. The number of hydrogen-bond acceptors (Lipinski definition) is 2. The van der Waals surface area contributed by atoms with E-state index in [4.69, 9.17) is 0 Å². The maximum Gasteiger partial charge on any atom is 0.337 e. The molecule has 0 spiro atoms. The van der Waals surface area contributed by atoms with E-state index in [0.717, 1.165) is 17.0 Å². The number of hydrogen-bond donors (Lipinski definition) is 1. The highest BCUT2D eigenvalue weighted by molar-refractivity contribution is 5.92. The molecule has 0 fully saturated rings. The second-order valence-corrected chi connectivity index (χ2v) is 4.11. The van der Waals surface area contributed by atoms with Gasteiger partial charge in [0.2, 0.25) is 0 Å². The second kappa shape index (κ2) is 4.05. The molecule has 1 N–H and O–H groups in total. The average molecular weight is 230 g/mol. The van der Waals surface area contributed by atoms with Gasteiger partial charge in [-0.15, -0.1) is 0 Å². The summed E-state index contributed by atoms with van der Waals surface area (Å²) >= 11 is 0. The largest absolute Gasteiger partial charge is 0.478 e. The second-order valence-electron chi connectivity index (χ2n) is 4.11. The molecule has 0 bridgehead atoms. The van der Waals surface area contributed by atoms with Crippen LogP contribution in [0.3, 0.4) is 0 Å². The summed E-state index contributed by atoms with van der Waals surface area (Å²) in [6, 6.07) is 5.38. The Bertz CT molecular complexity index is 585. The topological polar surface area (TPSA) is 55.1 Å². The van der Waals surface area contributed by atoms with Crippen molar-refractivity contribution in [2.45, 2.75) is 20.8 Å². The number of rotatable bonds is 2. The lowest BCUT2D eigenvalue weighted by atomic mass is 10.1. The van der Waals surface area contributed by atoms with E-state index < -0.39 is 5.97 Å². The third kappa shape index (κ3) is 1.93. The summed E-state index contributed by atoms with van der Waals surface area (Å²) in [7, 11) is 0. The van der Waals surface area contributed by atoms with Crippen LogP contribution in [0, 0.1) is 20.8 Å². The maximum atomic E-state index is 11.2. The predicted molar refractivity (Wildman–Crippen MR) is 64.7 cm³/mol. The lowest BCUT2D eigenvalue weighted by Crippen LogP contribution is -2.06. The van der Waals surface area contributed by atoms with Gasteiger partial charge in [0.05, 0.1) is 23.3 Å². The number of carboxylic acid groups (broad SMARTS) is 1. The molecule has 17 heavy (non-hydrogen) atoms. The van der Waals surface area contributed by atoms with Crippen LogP contribution in [0.4, 0.5) is 0 Å². The van der Waals surface area contributed by atoms with Crippen molar-refractivity contribution in [1.82, 2.24) is 9.55 Å². The number of aromatic carboxylic acids is 1. The lowest BCUT2D eigenvalue weighted by Gasteiger charge is -2.10. The summed E-state index contributed by atoms with van der Waals surface area (Å²) in [6.45, 7) is 5.70. The minimum atomic E-state index is -0.922. The SMILES string of the molecule is Cc1ccc(-n2cnc(C)c2C)c(C(=O)O)c1. The number of aryl methyl sites for hydroxylation is 2. The Balaban J connectivity index is 2.67. The molecule has 1 heterocycles. The smallest absolute Gasteiger partial charge is 0.337 e. The predicted octanol–water partition coefficient (Wildman–Crippen LogP) is 2.50. The number of carbonyl (C=O) groups is 1. The van der Waals surface area contributed by atoms with Crippen molar-refractivity contribution in [1.29, 1.82) is 0 Å². The van der Waals surface area contributed by atoms with Crippen molar-refractivity contribution in [3.05, 3.63) is 47.0 Å². The Morgan fingerprint density at radius 3 is 2.53 bits per heavy atom. The average Bonchev–Trinajstić information content (AvgIpc) is 2.60. The highest BCUT2D eigenvalue weighted by Gasteiger charge is 2.13. The molecule has 0 aliphatic rings. The summed E-state index contributed by atoms with van der Waals surface area (Å²) in [5.41, 5.74) is 3.74. The molecule has 0 radical (unpaired) electrons. The van der Waals surface area contributed by atoms with Crippen LogP contribution in [0.25, 0.3) is 5.69 Å². The van der Waals surface area contributed by atoms with E-state index in [9.17, 15) is 9.90 Å². The van der Waals surface area contributed by atoms with Crippen LogP contribution in [0.15, 0.2) is 24.5 Å². The molecule has 88 valence electrons. The zero-order valence-corrected chi connectivity index (χ0v) is 10.1. The van der Waals surface area contributed by atoms with E-state index >= 15 is 0 Å². The van der Waals surface area contributed by atoms with Crippen LogP contribution in [-0.2, 0) is 0 Å². The fraction of sp³-hybridized carbons (Fsp3) is 0.231. The third-order valence-corrected chi connectivity index (χ3v) is 2.89. The molecular weight excluding hydrogens is 216 g/mol. The van der Waals surface area contributed by atoms with Crippen molar-refractivity contribution in [3.8, 4) is 5.69 Å². The van der Waals surface area contributed by atoms with Crippen LogP contribution < -0.4 is 0 Å². The highest BCUT2D eigenvalue weighted by atomic mass is 16.4. The van der Waals surface area contributed by atoms with Gasteiger partial charge in [-0.1, -0.05) is 11.6 Å². The number of imidazole rings is 1. The number of aromatic nitrogens is 2. The number of benzene rings is 1. The van der Waals surface area contributed by atoms with Gasteiger partial charge in [0.1, 0.15) is 0 Å². The quantitative estimate of drug-likeness (QED) is 0.862. The molecule has 2 rings (SSSR count). The highest BCUT2D eigenvalue weighted by Crippen LogP contribution is 2.19. The lowest BCUT2D eigenvalue weighted by molar-refractivity contribution is 0.0697. The third-order valence-electron chi connectivity index (χ3n) is 2.89.